The second-order valence-electron chi connectivity index (χ2n) is 14.9. The number of carbonyl (C=O) groups excluding carboxylic acids is 2. The molecule has 0 unspecified atom stereocenters. The molecule has 0 aromatic heterocycles. The van der Waals surface area contributed by atoms with Gasteiger partial charge in [-0.1, -0.05) is 39.0 Å². The van der Waals surface area contributed by atoms with Crippen LogP contribution in [0.3, 0.4) is 0 Å². The molecule has 0 bridgehead atoms. The fraction of sp³-hybridized carbons (Fsp3) is 0.684. The maximum atomic E-state index is 12.8. The molecular formula is C38H52O5. The normalized spacial score (nSPS) is 39.7. The predicted octanol–water partition coefficient (Wildman–Crippen LogP) is 8.44. The lowest BCUT2D eigenvalue weighted by Gasteiger charge is -2.61. The van der Waals surface area contributed by atoms with E-state index in [0.29, 0.717) is 52.9 Å². The van der Waals surface area contributed by atoms with E-state index in [-0.39, 0.29) is 18.7 Å². The predicted molar refractivity (Wildman–Crippen MR) is 169 cm³/mol. The smallest absolute Gasteiger partial charge is 0.338 e. The Hall–Kier alpha value is -2.40. The van der Waals surface area contributed by atoms with Crippen molar-refractivity contribution in [1.82, 2.24) is 0 Å². The fourth-order valence-corrected chi connectivity index (χ4v) is 11.3. The Morgan fingerprint density at radius 3 is 2.30 bits per heavy atom. The number of allylic oxidation sites excluding steroid dienone is 2. The van der Waals surface area contributed by atoms with Gasteiger partial charge >= 0.3 is 11.9 Å². The Balaban J connectivity index is 1.08. The van der Waals surface area contributed by atoms with Gasteiger partial charge in [0.1, 0.15) is 6.61 Å². The standard InChI is InChI=1S/C38H52O5/c1-6-8-20-42-34(39)26-10-12-27(13-11-26)35(40)43-22-21-41-33-23-29-31-15-14-30(25(3)9-7-2)36(31,4)18-17-32(29)37(5)19-16-28-24-38(28,33)37/h6-7,9-13,25,28-33H,1,8,14-24H2,2-5H3/b9-7-/t25-,28-,29+,30-,31+,32+,33-,36-,37-,38+/m1/s1. The number of esters is 2. The highest BCUT2D eigenvalue weighted by Crippen LogP contribution is 2.82. The summed E-state index contributed by atoms with van der Waals surface area (Å²) >= 11 is 0. The van der Waals surface area contributed by atoms with Crippen LogP contribution in [0.2, 0.25) is 0 Å². The maximum absolute atomic E-state index is 12.8. The summed E-state index contributed by atoms with van der Waals surface area (Å²) < 4.78 is 17.6. The molecule has 1 aromatic carbocycles. The van der Waals surface area contributed by atoms with Crippen molar-refractivity contribution in [3.8, 4) is 0 Å². The van der Waals surface area contributed by atoms with Crippen LogP contribution in [0.5, 0.6) is 0 Å². The van der Waals surface area contributed by atoms with Gasteiger partial charge in [0, 0.05) is 5.41 Å². The van der Waals surface area contributed by atoms with Crippen molar-refractivity contribution in [1.29, 1.82) is 0 Å². The number of hydrogen-bond acceptors (Lipinski definition) is 5. The van der Waals surface area contributed by atoms with Crippen molar-refractivity contribution in [3.05, 3.63) is 60.2 Å². The molecule has 10 atom stereocenters. The largest absolute Gasteiger partial charge is 0.462 e. The first-order valence-electron chi connectivity index (χ1n) is 17.0. The molecule has 5 heteroatoms. The van der Waals surface area contributed by atoms with Gasteiger partial charge in [-0.25, -0.2) is 9.59 Å². The molecule has 43 heavy (non-hydrogen) atoms. The zero-order valence-corrected chi connectivity index (χ0v) is 26.8. The molecule has 0 radical (unpaired) electrons. The molecule has 0 saturated heterocycles. The highest BCUT2D eigenvalue weighted by molar-refractivity contribution is 5.93. The molecule has 0 heterocycles. The summed E-state index contributed by atoms with van der Waals surface area (Å²) in [5.41, 5.74) is 1.99. The van der Waals surface area contributed by atoms with Crippen LogP contribution >= 0.6 is 0 Å². The van der Waals surface area contributed by atoms with E-state index in [4.69, 9.17) is 14.2 Å². The van der Waals surface area contributed by atoms with Crippen LogP contribution in [0.1, 0.15) is 106 Å². The molecule has 0 amide bonds. The van der Waals surface area contributed by atoms with Crippen LogP contribution in [0.4, 0.5) is 0 Å². The molecule has 5 nitrogen and oxygen atoms in total. The Morgan fingerprint density at radius 2 is 1.65 bits per heavy atom. The highest BCUT2D eigenvalue weighted by Gasteiger charge is 2.77. The zero-order chi connectivity index (χ0) is 30.4. The summed E-state index contributed by atoms with van der Waals surface area (Å²) in [6.45, 7) is 14.5. The van der Waals surface area contributed by atoms with Gasteiger partial charge in [-0.2, -0.15) is 0 Å². The quantitative estimate of drug-likeness (QED) is 0.147. The molecule has 1 aromatic rings. The second-order valence-corrected chi connectivity index (χ2v) is 14.9. The SMILES string of the molecule is C=CCCOC(=O)c1ccc(C(=O)OCCO[C@@H]2C[C@H]3[C@@H]4CC[C@H]([C@H](C)/C=C\C)[C@@]4(C)CC[C@@H]3[C@@]3(C)CC[C@@H]4C[C@]423)cc1. The van der Waals surface area contributed by atoms with Gasteiger partial charge in [0.15, 0.2) is 0 Å². The Bertz CT molecular complexity index is 1240. The minimum absolute atomic E-state index is 0.246. The van der Waals surface area contributed by atoms with Crippen molar-refractivity contribution in [2.24, 2.45) is 51.8 Å². The summed E-state index contributed by atoms with van der Waals surface area (Å²) in [6, 6.07) is 6.47. The van der Waals surface area contributed by atoms with Gasteiger partial charge in [0.2, 0.25) is 0 Å². The number of hydrogen-bond donors (Lipinski definition) is 0. The topological polar surface area (TPSA) is 61.8 Å². The van der Waals surface area contributed by atoms with Crippen molar-refractivity contribution >= 4 is 11.9 Å². The lowest BCUT2D eigenvalue weighted by atomic mass is 9.45. The molecule has 5 fully saturated rings. The number of ether oxygens (including phenoxy) is 3. The Labute approximate surface area is 258 Å². The van der Waals surface area contributed by atoms with Crippen LogP contribution in [0, 0.1) is 51.8 Å². The van der Waals surface area contributed by atoms with E-state index in [1.807, 2.05) is 0 Å². The first-order chi connectivity index (χ1) is 20.7. The van der Waals surface area contributed by atoms with Gasteiger partial charge < -0.3 is 14.2 Å². The molecule has 0 aliphatic heterocycles. The van der Waals surface area contributed by atoms with E-state index in [0.717, 1.165) is 29.6 Å². The second kappa shape index (κ2) is 11.8. The van der Waals surface area contributed by atoms with E-state index in [9.17, 15) is 9.59 Å². The third-order valence-electron chi connectivity index (χ3n) is 13.3. The first kappa shape index (κ1) is 30.6. The van der Waals surface area contributed by atoms with Crippen molar-refractivity contribution in [2.75, 3.05) is 19.8 Å². The Morgan fingerprint density at radius 1 is 0.953 bits per heavy atom. The van der Waals surface area contributed by atoms with Gasteiger partial charge in [0.05, 0.1) is 30.4 Å². The average Bonchev–Trinajstić information content (AvgIpc) is 3.51. The summed E-state index contributed by atoms with van der Waals surface area (Å²) in [5, 5.41) is 0. The lowest BCUT2D eigenvalue weighted by molar-refractivity contribution is -0.170. The van der Waals surface area contributed by atoms with E-state index < -0.39 is 5.97 Å². The molecule has 5 saturated carbocycles. The van der Waals surface area contributed by atoms with Crippen molar-refractivity contribution in [3.63, 3.8) is 0 Å². The van der Waals surface area contributed by atoms with E-state index in [2.05, 4.69) is 46.4 Å². The van der Waals surface area contributed by atoms with Crippen LogP contribution in [0.15, 0.2) is 49.1 Å². The van der Waals surface area contributed by atoms with Gasteiger partial charge in [-0.15, -0.1) is 6.58 Å². The van der Waals surface area contributed by atoms with E-state index in [1.165, 1.54) is 51.4 Å². The van der Waals surface area contributed by atoms with E-state index >= 15 is 0 Å². The van der Waals surface area contributed by atoms with Crippen LogP contribution in [-0.2, 0) is 14.2 Å². The number of benzene rings is 1. The van der Waals surface area contributed by atoms with Crippen molar-refractivity contribution < 1.29 is 23.8 Å². The maximum Gasteiger partial charge on any atom is 0.338 e. The minimum atomic E-state index is -0.403. The summed E-state index contributed by atoms with van der Waals surface area (Å²) in [7, 11) is 0. The van der Waals surface area contributed by atoms with Gasteiger partial charge in [-0.05, 0) is 135 Å². The minimum Gasteiger partial charge on any atom is -0.462 e. The summed E-state index contributed by atoms with van der Waals surface area (Å²) in [4.78, 5) is 24.9. The third kappa shape index (κ3) is 5.02. The monoisotopic (exact) mass is 588 g/mol. The highest BCUT2D eigenvalue weighted by atomic mass is 16.6. The number of fused-ring (bicyclic) bond motifs is 4. The average molecular weight is 589 g/mol. The van der Waals surface area contributed by atoms with Crippen LogP contribution < -0.4 is 0 Å². The molecule has 5 aliphatic rings. The fourth-order valence-electron chi connectivity index (χ4n) is 11.3. The van der Waals surface area contributed by atoms with E-state index in [1.54, 1.807) is 30.3 Å². The zero-order valence-electron chi connectivity index (χ0n) is 26.8. The lowest BCUT2D eigenvalue weighted by Crippen LogP contribution is -2.57. The number of carbonyl (C=O) groups is 2. The first-order valence-corrected chi connectivity index (χ1v) is 17.0. The van der Waals surface area contributed by atoms with Gasteiger partial charge in [-0.3, -0.25) is 0 Å². The summed E-state index contributed by atoms with van der Waals surface area (Å²) in [5.74, 6) is 3.82. The van der Waals surface area contributed by atoms with Crippen LogP contribution in [0.25, 0.3) is 0 Å². The van der Waals surface area contributed by atoms with Gasteiger partial charge in [0.25, 0.3) is 0 Å². The Kier molecular flexibility index (Phi) is 8.43. The third-order valence-corrected chi connectivity index (χ3v) is 13.3. The summed E-state index contributed by atoms with van der Waals surface area (Å²) in [6.07, 6.45) is 18.0. The number of rotatable bonds is 11. The molecule has 234 valence electrons. The molecule has 5 aliphatic carbocycles. The van der Waals surface area contributed by atoms with Crippen LogP contribution in [-0.4, -0.2) is 37.9 Å². The molecular weight excluding hydrogens is 536 g/mol. The van der Waals surface area contributed by atoms with Crippen molar-refractivity contribution in [2.45, 2.75) is 91.6 Å². The molecule has 6 rings (SSSR count). The molecule has 0 N–H and O–H groups in total. The molecule has 1 spiro atoms.